The molecule has 3 aromatic carbocycles. The first-order valence-electron chi connectivity index (χ1n) is 15.4. The highest BCUT2D eigenvalue weighted by atomic mass is 32.2. The molecule has 8 heteroatoms. The number of sulfone groups is 1. The summed E-state index contributed by atoms with van der Waals surface area (Å²) in [5.74, 6) is -1.91. The summed E-state index contributed by atoms with van der Waals surface area (Å²) in [5, 5.41) is 20.2. The molecule has 0 aliphatic carbocycles. The van der Waals surface area contributed by atoms with Gasteiger partial charge in [0.05, 0.1) is 15.7 Å². The maximum Gasteiger partial charge on any atom is 0.333 e. The lowest BCUT2D eigenvalue weighted by molar-refractivity contribution is -0.144. The minimum absolute atomic E-state index is 0.0461. The van der Waals surface area contributed by atoms with Gasteiger partial charge in [0, 0.05) is 12.8 Å². The average Bonchev–Trinajstić information content (AvgIpc) is 3.00. The van der Waals surface area contributed by atoms with Gasteiger partial charge >= 0.3 is 16.8 Å². The topological polar surface area (TPSA) is 113 Å². The van der Waals surface area contributed by atoms with E-state index in [-0.39, 0.29) is 30.6 Å². The van der Waals surface area contributed by atoms with E-state index in [0.29, 0.717) is 36.8 Å². The molecule has 0 heterocycles. The van der Waals surface area contributed by atoms with Crippen molar-refractivity contribution < 1.29 is 28.2 Å². The van der Waals surface area contributed by atoms with Crippen molar-refractivity contribution in [2.45, 2.75) is 107 Å². The largest absolute Gasteiger partial charge is 0.481 e. The first kappa shape index (κ1) is 35.5. The third-order valence-electron chi connectivity index (χ3n) is 9.35. The normalized spacial score (nSPS) is 15.6. The van der Waals surface area contributed by atoms with E-state index in [4.69, 9.17) is 6.57 Å². The number of hydrogen-bond acceptors (Lipinski definition) is 4. The molecule has 3 rings (SSSR count). The second kappa shape index (κ2) is 14.4. The van der Waals surface area contributed by atoms with Crippen molar-refractivity contribution in [1.82, 2.24) is 0 Å². The first-order chi connectivity index (χ1) is 21.1. The summed E-state index contributed by atoms with van der Waals surface area (Å²) in [6.07, 6.45) is 2.20. The molecule has 0 amide bonds. The SMILES string of the molecule is [C-]#[N+]C(CCCCC(C)(C(=O)O)c1ccc(C)cc1)(CCCCC(C)(C(=O)O)c1ccc(C)cc1)S(=O)(=O)c1ccc(C)cc1. The zero-order chi connectivity index (χ0) is 33.5. The highest BCUT2D eigenvalue weighted by Gasteiger charge is 2.51. The predicted octanol–water partition coefficient (Wildman–Crippen LogP) is 8.21. The van der Waals surface area contributed by atoms with Gasteiger partial charge in [0.25, 0.3) is 9.84 Å². The lowest BCUT2D eigenvalue weighted by atomic mass is 9.77. The van der Waals surface area contributed by atoms with Crippen LogP contribution in [0.5, 0.6) is 0 Å². The van der Waals surface area contributed by atoms with Gasteiger partial charge in [-0.25, -0.2) is 15.0 Å². The number of carboxylic acid groups (broad SMARTS) is 2. The van der Waals surface area contributed by atoms with Crippen LogP contribution in [0.25, 0.3) is 4.85 Å². The van der Waals surface area contributed by atoms with Crippen LogP contribution in [-0.4, -0.2) is 35.4 Å². The Morgan fingerprint density at radius 3 is 1.24 bits per heavy atom. The molecule has 45 heavy (non-hydrogen) atoms. The fraction of sp³-hybridized carbons (Fsp3) is 0.432. The van der Waals surface area contributed by atoms with Crippen molar-refractivity contribution in [2.24, 2.45) is 0 Å². The van der Waals surface area contributed by atoms with Crippen LogP contribution in [0.1, 0.15) is 93.0 Å². The van der Waals surface area contributed by atoms with Crippen LogP contribution in [0.2, 0.25) is 0 Å². The van der Waals surface area contributed by atoms with Crippen molar-refractivity contribution in [2.75, 3.05) is 0 Å². The Hall–Kier alpha value is -3.96. The standard InChI is InChI=1S/C37H45NO6S/c1-27-11-17-30(18-12-27)35(4,33(39)40)23-7-9-25-37(38-6,45(43,44)32-21-15-29(3)16-22-32)26-10-8-24-36(5,34(41)42)31-19-13-28(2)14-20-31/h11-22H,7-10,23-26H2,1-5H3,(H,39,40)(H,41,42). The number of carboxylic acids is 2. The molecule has 0 aromatic heterocycles. The van der Waals surface area contributed by atoms with Gasteiger partial charge in [-0.1, -0.05) is 90.2 Å². The number of unbranched alkanes of at least 4 members (excludes halogenated alkanes) is 2. The minimum Gasteiger partial charge on any atom is -0.481 e. The zero-order valence-corrected chi connectivity index (χ0v) is 27.8. The number of aliphatic carboxylic acids is 2. The summed E-state index contributed by atoms with van der Waals surface area (Å²) in [5.41, 5.74) is 2.01. The van der Waals surface area contributed by atoms with Gasteiger partial charge in [0.1, 0.15) is 0 Å². The van der Waals surface area contributed by atoms with Gasteiger partial charge < -0.3 is 10.2 Å². The quantitative estimate of drug-likeness (QED) is 0.122. The number of carbonyl (C=O) groups is 2. The molecule has 0 spiro atoms. The molecule has 0 saturated heterocycles. The van der Waals surface area contributed by atoms with Crippen molar-refractivity contribution in [3.05, 3.63) is 112 Å². The average molecular weight is 632 g/mol. The monoisotopic (exact) mass is 631 g/mol. The molecule has 0 saturated carbocycles. The van der Waals surface area contributed by atoms with Crippen LogP contribution in [0.15, 0.2) is 77.7 Å². The fourth-order valence-corrected chi connectivity index (χ4v) is 7.73. The molecule has 0 radical (unpaired) electrons. The number of hydrogen-bond donors (Lipinski definition) is 2. The second-order valence-electron chi connectivity index (χ2n) is 12.8. The van der Waals surface area contributed by atoms with Crippen LogP contribution in [-0.2, 0) is 30.3 Å². The number of nitrogens with zero attached hydrogens (tertiary/aromatic N) is 1. The molecule has 0 bridgehead atoms. The minimum atomic E-state index is -4.09. The van der Waals surface area contributed by atoms with Crippen LogP contribution in [0.4, 0.5) is 0 Å². The molecular formula is C37H45NO6S. The summed E-state index contributed by atoms with van der Waals surface area (Å²) in [4.78, 5) is 26.8. The van der Waals surface area contributed by atoms with Crippen LogP contribution in [0, 0.1) is 27.3 Å². The Kier molecular flexibility index (Phi) is 11.4. The Balaban J connectivity index is 1.83. The van der Waals surface area contributed by atoms with E-state index in [0.717, 1.165) is 16.7 Å². The smallest absolute Gasteiger partial charge is 0.333 e. The molecule has 0 fully saturated rings. The lowest BCUT2D eigenvalue weighted by Crippen LogP contribution is -2.36. The highest BCUT2D eigenvalue weighted by molar-refractivity contribution is 7.93. The lowest BCUT2D eigenvalue weighted by Gasteiger charge is -2.27. The molecule has 0 aliphatic heterocycles. The van der Waals surface area contributed by atoms with Crippen LogP contribution >= 0.6 is 0 Å². The third-order valence-corrected chi connectivity index (χ3v) is 11.7. The molecule has 2 atom stereocenters. The summed E-state index contributed by atoms with van der Waals surface area (Å²) in [6, 6.07) is 21.3. The summed E-state index contributed by atoms with van der Waals surface area (Å²) >= 11 is 0. The van der Waals surface area contributed by atoms with Gasteiger partial charge in [-0.15, -0.1) is 0 Å². The van der Waals surface area contributed by atoms with Crippen molar-refractivity contribution in [3.8, 4) is 0 Å². The summed E-state index contributed by atoms with van der Waals surface area (Å²) < 4.78 is 28.2. The number of aryl methyl sites for hydroxylation is 3. The predicted molar refractivity (Wildman–Crippen MR) is 177 cm³/mol. The number of rotatable bonds is 16. The van der Waals surface area contributed by atoms with E-state index in [1.165, 1.54) is 12.1 Å². The summed E-state index contributed by atoms with van der Waals surface area (Å²) in [7, 11) is -4.09. The highest BCUT2D eigenvalue weighted by Crippen LogP contribution is 2.40. The van der Waals surface area contributed by atoms with Gasteiger partial charge in [-0.05, 0) is 83.6 Å². The third kappa shape index (κ3) is 7.83. The van der Waals surface area contributed by atoms with E-state index in [1.54, 1.807) is 26.0 Å². The van der Waals surface area contributed by atoms with Gasteiger partial charge in [0.15, 0.2) is 0 Å². The van der Waals surface area contributed by atoms with Crippen molar-refractivity contribution in [1.29, 1.82) is 0 Å². The second-order valence-corrected chi connectivity index (χ2v) is 15.0. The molecule has 0 aliphatic rings. The van der Waals surface area contributed by atoms with Crippen molar-refractivity contribution >= 4 is 21.8 Å². The molecule has 3 aromatic rings. The first-order valence-corrected chi connectivity index (χ1v) is 16.9. The Morgan fingerprint density at radius 2 is 0.933 bits per heavy atom. The van der Waals surface area contributed by atoms with Gasteiger partial charge in [0.2, 0.25) is 0 Å². The van der Waals surface area contributed by atoms with Gasteiger partial charge in [-0.3, -0.25) is 14.4 Å². The Labute approximate surface area is 268 Å². The fourth-order valence-electron chi connectivity index (χ4n) is 5.85. The molecule has 2 N–H and O–H groups in total. The maximum atomic E-state index is 14.1. The van der Waals surface area contributed by atoms with E-state index in [9.17, 15) is 28.2 Å². The van der Waals surface area contributed by atoms with Crippen molar-refractivity contribution in [3.63, 3.8) is 0 Å². The Morgan fingerprint density at radius 1 is 0.622 bits per heavy atom. The summed E-state index contributed by atoms with van der Waals surface area (Å²) in [6.45, 7) is 17.3. The van der Waals surface area contributed by atoms with Crippen LogP contribution in [0.3, 0.4) is 0 Å². The Bertz CT molecular complexity index is 1540. The molecular weight excluding hydrogens is 586 g/mol. The van der Waals surface area contributed by atoms with E-state index < -0.39 is 37.5 Å². The van der Waals surface area contributed by atoms with E-state index in [2.05, 4.69) is 4.85 Å². The van der Waals surface area contributed by atoms with E-state index in [1.807, 2.05) is 69.3 Å². The molecule has 7 nitrogen and oxygen atoms in total. The number of benzene rings is 3. The molecule has 2 unspecified atom stereocenters. The van der Waals surface area contributed by atoms with E-state index >= 15 is 0 Å². The van der Waals surface area contributed by atoms with Gasteiger partial charge in [-0.2, -0.15) is 0 Å². The van der Waals surface area contributed by atoms with Crippen LogP contribution < -0.4 is 0 Å². The molecule has 240 valence electrons. The zero-order valence-electron chi connectivity index (χ0n) is 27.0. The maximum absolute atomic E-state index is 14.1.